The molecule has 2 N–H and O–H groups in total. The van der Waals surface area contributed by atoms with Crippen LogP contribution in [0, 0.1) is 13.8 Å². The van der Waals surface area contributed by atoms with Crippen LogP contribution in [0.15, 0.2) is 18.3 Å². The molecule has 0 radical (unpaired) electrons. The summed E-state index contributed by atoms with van der Waals surface area (Å²) in [5, 5.41) is 1.40. The van der Waals surface area contributed by atoms with Crippen LogP contribution in [-0.2, 0) is 12.5 Å². The molecule has 0 aliphatic heterocycles. The summed E-state index contributed by atoms with van der Waals surface area (Å²) in [6.45, 7) is 9.66. The molecule has 98 valence electrons. The Hall–Kier alpha value is -1.28. The predicted octanol–water partition coefficient (Wildman–Crippen LogP) is 3.42. The van der Waals surface area contributed by atoms with Gasteiger partial charge < -0.3 is 10.3 Å². The Morgan fingerprint density at radius 1 is 1.22 bits per heavy atom. The Bertz CT molecular complexity index is 576. The van der Waals surface area contributed by atoms with Crippen LogP contribution < -0.4 is 5.73 Å². The van der Waals surface area contributed by atoms with Crippen molar-refractivity contribution in [2.75, 3.05) is 6.54 Å². The van der Waals surface area contributed by atoms with Crippen molar-refractivity contribution < 1.29 is 0 Å². The van der Waals surface area contributed by atoms with E-state index >= 15 is 0 Å². The van der Waals surface area contributed by atoms with E-state index < -0.39 is 0 Å². The fraction of sp³-hybridized carbons (Fsp3) is 0.500. The van der Waals surface area contributed by atoms with Crippen molar-refractivity contribution in [2.45, 2.75) is 39.5 Å². The summed E-state index contributed by atoms with van der Waals surface area (Å²) in [7, 11) is 2.13. The maximum Gasteiger partial charge on any atom is 0.0486 e. The van der Waals surface area contributed by atoms with Crippen LogP contribution in [0.3, 0.4) is 0 Å². The van der Waals surface area contributed by atoms with Crippen molar-refractivity contribution in [2.24, 2.45) is 12.8 Å². The zero-order valence-electron chi connectivity index (χ0n) is 12.2. The van der Waals surface area contributed by atoms with Gasteiger partial charge in [-0.3, -0.25) is 0 Å². The molecule has 18 heavy (non-hydrogen) atoms. The normalized spacial score (nSPS) is 12.3. The molecule has 2 rings (SSSR count). The monoisotopic (exact) mass is 244 g/mol. The summed E-state index contributed by atoms with van der Waals surface area (Å²) in [6.07, 6.45) is 3.28. The van der Waals surface area contributed by atoms with Crippen LogP contribution >= 0.6 is 0 Å². The summed E-state index contributed by atoms with van der Waals surface area (Å²) in [5.74, 6) is 0. The molecule has 0 amide bonds. The van der Waals surface area contributed by atoms with Crippen LogP contribution in [0.2, 0.25) is 0 Å². The summed E-state index contributed by atoms with van der Waals surface area (Å²) >= 11 is 0. The lowest BCUT2D eigenvalue weighted by molar-refractivity contribution is 0.490. The van der Waals surface area contributed by atoms with E-state index in [0.717, 1.165) is 13.0 Å². The summed E-state index contributed by atoms with van der Waals surface area (Å²) in [5.41, 5.74) is 11.3. The fourth-order valence-corrected chi connectivity index (χ4v) is 2.91. The molecular weight excluding hydrogens is 220 g/mol. The second kappa shape index (κ2) is 4.43. The van der Waals surface area contributed by atoms with E-state index in [2.05, 4.69) is 57.6 Å². The van der Waals surface area contributed by atoms with Crippen molar-refractivity contribution in [3.05, 3.63) is 35.0 Å². The summed E-state index contributed by atoms with van der Waals surface area (Å²) < 4.78 is 2.24. The number of nitrogens with zero attached hydrogens (tertiary/aromatic N) is 1. The highest BCUT2D eigenvalue weighted by Crippen LogP contribution is 2.36. The lowest BCUT2D eigenvalue weighted by atomic mass is 9.80. The Kier molecular flexibility index (Phi) is 3.24. The van der Waals surface area contributed by atoms with Crippen molar-refractivity contribution in [1.29, 1.82) is 0 Å². The van der Waals surface area contributed by atoms with E-state index in [-0.39, 0.29) is 5.41 Å². The van der Waals surface area contributed by atoms with Gasteiger partial charge in [0.15, 0.2) is 0 Å². The lowest BCUT2D eigenvalue weighted by Crippen LogP contribution is -2.21. The number of hydrogen-bond donors (Lipinski definition) is 1. The molecule has 0 aliphatic rings. The third-order valence-corrected chi connectivity index (χ3v) is 3.93. The van der Waals surface area contributed by atoms with Crippen LogP contribution in [-0.4, -0.2) is 11.1 Å². The minimum absolute atomic E-state index is 0.133. The highest BCUT2D eigenvalue weighted by atomic mass is 14.9. The molecule has 1 heterocycles. The lowest BCUT2D eigenvalue weighted by Gasteiger charge is -2.24. The second-order valence-electron chi connectivity index (χ2n) is 6.05. The summed E-state index contributed by atoms with van der Waals surface area (Å²) in [4.78, 5) is 0. The van der Waals surface area contributed by atoms with Gasteiger partial charge in [0.05, 0.1) is 0 Å². The highest BCUT2D eigenvalue weighted by Gasteiger charge is 2.24. The highest BCUT2D eigenvalue weighted by molar-refractivity contribution is 5.88. The van der Waals surface area contributed by atoms with Gasteiger partial charge in [-0.05, 0) is 55.0 Å². The average Bonchev–Trinajstić information content (AvgIpc) is 2.57. The first-order valence-corrected chi connectivity index (χ1v) is 6.63. The van der Waals surface area contributed by atoms with Crippen molar-refractivity contribution in [3.8, 4) is 0 Å². The first-order chi connectivity index (χ1) is 8.36. The quantitative estimate of drug-likeness (QED) is 0.881. The first-order valence-electron chi connectivity index (χ1n) is 6.63. The standard InChI is InChI=1S/C16H24N2/c1-11-8-12(2)15-13(16(3,4)6-7-17)10-18(5)14(15)9-11/h8-10H,6-7,17H2,1-5H3. The molecule has 0 fully saturated rings. The van der Waals surface area contributed by atoms with Gasteiger partial charge in [0.2, 0.25) is 0 Å². The van der Waals surface area contributed by atoms with Gasteiger partial charge in [-0.2, -0.15) is 0 Å². The third kappa shape index (κ3) is 2.05. The molecule has 1 aromatic heterocycles. The zero-order chi connectivity index (χ0) is 13.5. The maximum absolute atomic E-state index is 5.76. The van der Waals surface area contributed by atoms with E-state index in [4.69, 9.17) is 5.73 Å². The molecule has 2 nitrogen and oxygen atoms in total. The van der Waals surface area contributed by atoms with E-state index in [1.54, 1.807) is 0 Å². The molecule has 2 aromatic rings. The number of rotatable bonds is 3. The SMILES string of the molecule is Cc1cc(C)c2c(C(C)(C)CCN)cn(C)c2c1. The van der Waals surface area contributed by atoms with Gasteiger partial charge in [0.1, 0.15) is 0 Å². The zero-order valence-corrected chi connectivity index (χ0v) is 12.2. The molecule has 2 heteroatoms. The van der Waals surface area contributed by atoms with Gasteiger partial charge in [-0.15, -0.1) is 0 Å². The predicted molar refractivity (Wildman–Crippen MR) is 79.1 cm³/mol. The summed E-state index contributed by atoms with van der Waals surface area (Å²) in [6, 6.07) is 4.54. The molecule has 0 aliphatic carbocycles. The molecule has 0 saturated heterocycles. The van der Waals surface area contributed by atoms with Gasteiger partial charge in [0.25, 0.3) is 0 Å². The fourth-order valence-electron chi connectivity index (χ4n) is 2.91. The number of aromatic nitrogens is 1. The molecule has 0 bridgehead atoms. The number of hydrogen-bond acceptors (Lipinski definition) is 1. The Balaban J connectivity index is 2.74. The van der Waals surface area contributed by atoms with Crippen LogP contribution in [0.25, 0.3) is 10.9 Å². The van der Waals surface area contributed by atoms with E-state index in [0.29, 0.717) is 0 Å². The largest absolute Gasteiger partial charge is 0.350 e. The molecule has 0 atom stereocenters. The smallest absolute Gasteiger partial charge is 0.0486 e. The molecule has 0 saturated carbocycles. The van der Waals surface area contributed by atoms with E-state index in [9.17, 15) is 0 Å². The van der Waals surface area contributed by atoms with Crippen LogP contribution in [0.4, 0.5) is 0 Å². The first kappa shape index (κ1) is 13.2. The topological polar surface area (TPSA) is 30.9 Å². The Morgan fingerprint density at radius 2 is 1.89 bits per heavy atom. The van der Waals surface area contributed by atoms with E-state index in [1.165, 1.54) is 27.6 Å². The molecular formula is C16H24N2. The molecule has 1 aromatic carbocycles. The minimum Gasteiger partial charge on any atom is -0.350 e. The minimum atomic E-state index is 0.133. The maximum atomic E-state index is 5.76. The third-order valence-electron chi connectivity index (χ3n) is 3.93. The van der Waals surface area contributed by atoms with Gasteiger partial charge in [-0.1, -0.05) is 19.9 Å². The van der Waals surface area contributed by atoms with Crippen LogP contribution in [0.1, 0.15) is 37.0 Å². The molecule has 0 spiro atoms. The number of fused-ring (bicyclic) bond motifs is 1. The number of nitrogens with two attached hydrogens (primary N) is 1. The van der Waals surface area contributed by atoms with Gasteiger partial charge in [-0.25, -0.2) is 0 Å². The average molecular weight is 244 g/mol. The number of aryl methyl sites for hydroxylation is 3. The van der Waals surface area contributed by atoms with Crippen molar-refractivity contribution in [1.82, 2.24) is 4.57 Å². The Morgan fingerprint density at radius 3 is 2.50 bits per heavy atom. The van der Waals surface area contributed by atoms with Gasteiger partial charge >= 0.3 is 0 Å². The second-order valence-corrected chi connectivity index (χ2v) is 6.05. The van der Waals surface area contributed by atoms with Crippen LogP contribution in [0.5, 0.6) is 0 Å². The van der Waals surface area contributed by atoms with Crippen molar-refractivity contribution in [3.63, 3.8) is 0 Å². The van der Waals surface area contributed by atoms with E-state index in [1.807, 2.05) is 0 Å². The number of benzene rings is 1. The van der Waals surface area contributed by atoms with Gasteiger partial charge in [0, 0.05) is 24.1 Å². The Labute approximate surface area is 110 Å². The van der Waals surface area contributed by atoms with Crippen molar-refractivity contribution >= 4 is 10.9 Å². The molecule has 0 unspecified atom stereocenters.